The average Bonchev–Trinajstić information content (AvgIpc) is 2.95. The summed E-state index contributed by atoms with van der Waals surface area (Å²) in [4.78, 5) is 23.0. The standard InChI is InChI=1S/C12H13N5O5/c1-7-4-2-3-5-15(7)12-9(17(20)21)6-8(16(18)19)10-11(12)14-22-13-10/h6-7H,2-5H2,1H3. The maximum absolute atomic E-state index is 11.4. The monoisotopic (exact) mass is 307 g/mol. The molecule has 0 saturated carbocycles. The Balaban J connectivity index is 2.30. The van der Waals surface area contributed by atoms with Gasteiger partial charge in [0.05, 0.1) is 15.9 Å². The minimum absolute atomic E-state index is 0.0645. The number of nitrogens with zero attached hydrogens (tertiary/aromatic N) is 5. The predicted octanol–water partition coefficient (Wildman–Crippen LogP) is 2.42. The molecule has 2 aromatic rings. The van der Waals surface area contributed by atoms with Crippen LogP contribution in [0.2, 0.25) is 0 Å². The molecule has 0 radical (unpaired) electrons. The molecule has 22 heavy (non-hydrogen) atoms. The number of hydrogen-bond donors (Lipinski definition) is 0. The highest BCUT2D eigenvalue weighted by Crippen LogP contribution is 2.41. The molecule has 1 aromatic carbocycles. The van der Waals surface area contributed by atoms with E-state index in [1.165, 1.54) is 0 Å². The van der Waals surface area contributed by atoms with Gasteiger partial charge in [-0.1, -0.05) is 0 Å². The molecule has 10 nitrogen and oxygen atoms in total. The molecular formula is C12H13N5O5. The molecule has 10 heteroatoms. The van der Waals surface area contributed by atoms with Crippen molar-refractivity contribution in [1.29, 1.82) is 0 Å². The van der Waals surface area contributed by atoms with Gasteiger partial charge >= 0.3 is 11.4 Å². The zero-order chi connectivity index (χ0) is 15.9. The van der Waals surface area contributed by atoms with Crippen LogP contribution >= 0.6 is 0 Å². The van der Waals surface area contributed by atoms with E-state index in [1.54, 1.807) is 0 Å². The zero-order valence-corrected chi connectivity index (χ0v) is 11.8. The Bertz CT molecular complexity index is 758. The lowest BCUT2D eigenvalue weighted by Gasteiger charge is -2.34. The van der Waals surface area contributed by atoms with Crippen molar-refractivity contribution >= 4 is 28.1 Å². The normalized spacial score (nSPS) is 18.6. The van der Waals surface area contributed by atoms with Crippen LogP contribution in [0.25, 0.3) is 11.0 Å². The highest BCUT2D eigenvalue weighted by Gasteiger charge is 2.34. The van der Waals surface area contributed by atoms with Crippen LogP contribution in [0.1, 0.15) is 26.2 Å². The van der Waals surface area contributed by atoms with Gasteiger partial charge in [-0.25, -0.2) is 4.63 Å². The summed E-state index contributed by atoms with van der Waals surface area (Å²) in [7, 11) is 0. The van der Waals surface area contributed by atoms with Gasteiger partial charge in [0, 0.05) is 12.6 Å². The Hall–Kier alpha value is -2.78. The van der Waals surface area contributed by atoms with E-state index in [2.05, 4.69) is 14.9 Å². The van der Waals surface area contributed by atoms with Crippen molar-refractivity contribution in [1.82, 2.24) is 10.3 Å². The van der Waals surface area contributed by atoms with Gasteiger partial charge in [-0.2, -0.15) is 0 Å². The molecule has 1 aromatic heterocycles. The van der Waals surface area contributed by atoms with Crippen molar-refractivity contribution in [3.8, 4) is 0 Å². The lowest BCUT2D eigenvalue weighted by molar-refractivity contribution is -0.392. The topological polar surface area (TPSA) is 128 Å². The fraction of sp³-hybridized carbons (Fsp3) is 0.500. The van der Waals surface area contributed by atoms with Crippen LogP contribution in [0.5, 0.6) is 0 Å². The number of non-ortho nitro benzene ring substituents is 1. The molecule has 1 saturated heterocycles. The number of anilines is 1. The quantitative estimate of drug-likeness (QED) is 0.624. The second-order valence-corrected chi connectivity index (χ2v) is 5.28. The summed E-state index contributed by atoms with van der Waals surface area (Å²) < 4.78 is 4.60. The molecule has 1 aliphatic heterocycles. The van der Waals surface area contributed by atoms with Gasteiger partial charge in [0.1, 0.15) is 5.69 Å². The van der Waals surface area contributed by atoms with Crippen LogP contribution in [-0.4, -0.2) is 32.7 Å². The molecule has 3 rings (SSSR count). The maximum atomic E-state index is 11.4. The Kier molecular flexibility index (Phi) is 3.35. The highest BCUT2D eigenvalue weighted by molar-refractivity contribution is 5.99. The summed E-state index contributed by atoms with van der Waals surface area (Å²) in [6, 6.07) is 1.01. The van der Waals surface area contributed by atoms with Crippen LogP contribution in [0.4, 0.5) is 17.1 Å². The smallest absolute Gasteiger partial charge is 0.307 e. The van der Waals surface area contributed by atoms with Gasteiger partial charge in [0.25, 0.3) is 0 Å². The van der Waals surface area contributed by atoms with Crippen molar-refractivity contribution in [3.63, 3.8) is 0 Å². The first-order chi connectivity index (χ1) is 10.5. The van der Waals surface area contributed by atoms with Crippen molar-refractivity contribution < 1.29 is 14.5 Å². The number of benzene rings is 1. The number of nitro groups is 2. The molecule has 0 aliphatic carbocycles. The van der Waals surface area contributed by atoms with Crippen molar-refractivity contribution in [2.75, 3.05) is 11.4 Å². The van der Waals surface area contributed by atoms with Gasteiger partial charge < -0.3 is 4.90 Å². The van der Waals surface area contributed by atoms with E-state index in [9.17, 15) is 20.2 Å². The lowest BCUT2D eigenvalue weighted by atomic mass is 10.0. The first-order valence-electron chi connectivity index (χ1n) is 6.85. The summed E-state index contributed by atoms with van der Waals surface area (Å²) >= 11 is 0. The molecule has 1 aliphatic rings. The van der Waals surface area contributed by atoms with E-state index in [0.29, 0.717) is 6.54 Å². The van der Waals surface area contributed by atoms with E-state index >= 15 is 0 Å². The molecule has 116 valence electrons. The first-order valence-corrected chi connectivity index (χ1v) is 6.85. The number of piperidine rings is 1. The van der Waals surface area contributed by atoms with Crippen LogP contribution in [0, 0.1) is 20.2 Å². The largest absolute Gasteiger partial charge is 0.361 e. The summed E-state index contributed by atoms with van der Waals surface area (Å²) in [5.74, 6) is 0. The Morgan fingerprint density at radius 2 is 1.86 bits per heavy atom. The average molecular weight is 307 g/mol. The SMILES string of the molecule is CC1CCCCN1c1c([N+](=O)[O-])cc([N+](=O)[O-])c2nonc12. The molecule has 1 atom stereocenters. The second-order valence-electron chi connectivity index (χ2n) is 5.28. The first kappa shape index (κ1) is 14.2. The van der Waals surface area contributed by atoms with Crippen LogP contribution in [0.3, 0.4) is 0 Å². The highest BCUT2D eigenvalue weighted by atomic mass is 16.6. The minimum atomic E-state index is -0.719. The third-order valence-electron chi connectivity index (χ3n) is 3.96. The molecule has 1 unspecified atom stereocenters. The predicted molar refractivity (Wildman–Crippen MR) is 75.8 cm³/mol. The van der Waals surface area contributed by atoms with Crippen molar-refractivity contribution in [2.45, 2.75) is 32.2 Å². The summed E-state index contributed by atoms with van der Waals surface area (Å²) in [5.41, 5.74) is -0.572. The summed E-state index contributed by atoms with van der Waals surface area (Å²) in [6.45, 7) is 2.59. The fourth-order valence-corrected chi connectivity index (χ4v) is 2.89. The molecular weight excluding hydrogens is 294 g/mol. The summed E-state index contributed by atoms with van der Waals surface area (Å²) in [5, 5.41) is 29.7. The molecule has 1 fully saturated rings. The van der Waals surface area contributed by atoms with Gasteiger partial charge in [-0.3, -0.25) is 20.2 Å². The van der Waals surface area contributed by atoms with Crippen LogP contribution in [-0.2, 0) is 0 Å². The van der Waals surface area contributed by atoms with Gasteiger partial charge in [0.15, 0.2) is 5.52 Å². The third kappa shape index (κ3) is 2.12. The van der Waals surface area contributed by atoms with Gasteiger partial charge in [-0.15, -0.1) is 0 Å². The van der Waals surface area contributed by atoms with E-state index in [0.717, 1.165) is 25.3 Å². The van der Waals surface area contributed by atoms with E-state index < -0.39 is 15.5 Å². The number of nitro benzene ring substituents is 2. The maximum Gasteiger partial charge on any atom is 0.307 e. The number of hydrogen-bond acceptors (Lipinski definition) is 8. The zero-order valence-electron chi connectivity index (χ0n) is 11.8. The van der Waals surface area contributed by atoms with Crippen molar-refractivity contribution in [3.05, 3.63) is 26.3 Å². The number of rotatable bonds is 3. The third-order valence-corrected chi connectivity index (χ3v) is 3.96. The molecule has 2 heterocycles. The molecule has 0 N–H and O–H groups in total. The molecule has 0 spiro atoms. The molecule has 0 bridgehead atoms. The van der Waals surface area contributed by atoms with Crippen molar-refractivity contribution in [2.24, 2.45) is 0 Å². The Morgan fingerprint density at radius 3 is 2.50 bits per heavy atom. The number of fused-ring (bicyclic) bond motifs is 1. The van der Waals surface area contributed by atoms with Crippen LogP contribution in [0.15, 0.2) is 10.7 Å². The van der Waals surface area contributed by atoms with E-state index in [-0.39, 0.29) is 28.5 Å². The van der Waals surface area contributed by atoms with E-state index in [4.69, 9.17) is 0 Å². The number of aromatic nitrogens is 2. The Labute approximate surface area is 123 Å². The summed E-state index contributed by atoms with van der Waals surface area (Å²) in [6.07, 6.45) is 2.82. The Morgan fingerprint density at radius 1 is 1.18 bits per heavy atom. The van der Waals surface area contributed by atoms with Crippen LogP contribution < -0.4 is 4.90 Å². The minimum Gasteiger partial charge on any atom is -0.361 e. The fourth-order valence-electron chi connectivity index (χ4n) is 2.89. The van der Waals surface area contributed by atoms with Gasteiger partial charge in [-0.05, 0) is 36.5 Å². The lowest BCUT2D eigenvalue weighted by Crippen LogP contribution is -2.38. The molecule has 0 amide bonds. The second kappa shape index (κ2) is 5.20. The van der Waals surface area contributed by atoms with E-state index in [1.807, 2.05) is 11.8 Å². The van der Waals surface area contributed by atoms with Gasteiger partial charge in [0.2, 0.25) is 5.52 Å².